The number of rotatable bonds is 3. The first kappa shape index (κ1) is 19.1. The van der Waals surface area contributed by atoms with Gasteiger partial charge in [0.15, 0.2) is 5.75 Å². The number of aryl methyl sites for hydroxylation is 1. The monoisotopic (exact) mass is 394 g/mol. The van der Waals surface area contributed by atoms with Crippen molar-refractivity contribution in [1.82, 2.24) is 14.1 Å². The molecule has 28 heavy (non-hydrogen) atoms. The summed E-state index contributed by atoms with van der Waals surface area (Å²) in [6, 6.07) is 7.56. The number of para-hydroxylation sites is 2. The molecule has 3 aromatic rings. The number of alkyl halides is 3. The van der Waals surface area contributed by atoms with E-state index in [4.69, 9.17) is 0 Å². The van der Waals surface area contributed by atoms with E-state index < -0.39 is 29.3 Å². The van der Waals surface area contributed by atoms with Gasteiger partial charge >= 0.3 is 12.1 Å². The van der Waals surface area contributed by atoms with Crippen LogP contribution in [0, 0.1) is 0 Å². The first-order valence-corrected chi connectivity index (χ1v) is 7.81. The number of carbonyl (C=O) groups excluding carboxylic acids is 1. The molecule has 146 valence electrons. The Morgan fingerprint density at radius 1 is 1.07 bits per heavy atom. The molecule has 8 nitrogen and oxygen atoms in total. The van der Waals surface area contributed by atoms with E-state index in [0.717, 1.165) is 15.2 Å². The Hall–Kier alpha value is -3.63. The topological polar surface area (TPSA) is 95.2 Å². The number of fused-ring (bicyclic) bond motifs is 1. The van der Waals surface area contributed by atoms with Crippen LogP contribution in [0.3, 0.4) is 0 Å². The minimum atomic E-state index is -4.93. The molecule has 0 unspecified atom stereocenters. The zero-order valence-corrected chi connectivity index (χ0v) is 14.6. The molecular weight excluding hydrogens is 381 g/mol. The number of hydrogen-bond acceptors (Lipinski definition) is 5. The van der Waals surface area contributed by atoms with Crippen LogP contribution in [0.4, 0.5) is 18.9 Å². The minimum absolute atomic E-state index is 0.0272. The Bertz CT molecular complexity index is 1200. The molecule has 1 aromatic carbocycles. The Kier molecular flexibility index (Phi) is 4.67. The third kappa shape index (κ3) is 3.59. The van der Waals surface area contributed by atoms with Crippen molar-refractivity contribution in [2.24, 2.45) is 14.1 Å². The van der Waals surface area contributed by atoms with E-state index in [2.05, 4.69) is 15.0 Å². The number of aromatic nitrogens is 3. The second-order valence-electron chi connectivity index (χ2n) is 5.77. The van der Waals surface area contributed by atoms with Crippen LogP contribution in [-0.4, -0.2) is 26.4 Å². The Morgan fingerprint density at radius 2 is 1.75 bits per heavy atom. The third-order valence-electron chi connectivity index (χ3n) is 3.90. The number of benzene rings is 1. The molecule has 1 N–H and O–H groups in total. The summed E-state index contributed by atoms with van der Waals surface area (Å²) in [5, 5.41) is 2.39. The number of pyridine rings is 1. The van der Waals surface area contributed by atoms with Gasteiger partial charge in [-0.2, -0.15) is 0 Å². The number of anilines is 1. The average molecular weight is 394 g/mol. The van der Waals surface area contributed by atoms with Gasteiger partial charge in [0.25, 0.3) is 11.5 Å². The zero-order chi connectivity index (χ0) is 20.6. The largest absolute Gasteiger partial charge is 0.573 e. The maximum Gasteiger partial charge on any atom is 0.573 e. The van der Waals surface area contributed by atoms with Crippen LogP contribution in [0.25, 0.3) is 11.0 Å². The molecule has 0 saturated carbocycles. The van der Waals surface area contributed by atoms with Crippen LogP contribution in [0.2, 0.25) is 0 Å². The lowest BCUT2D eigenvalue weighted by Gasteiger charge is -2.14. The fourth-order valence-corrected chi connectivity index (χ4v) is 2.55. The van der Waals surface area contributed by atoms with Gasteiger partial charge in [-0.25, -0.2) is 9.78 Å². The molecule has 0 spiro atoms. The molecule has 0 radical (unpaired) electrons. The third-order valence-corrected chi connectivity index (χ3v) is 3.90. The summed E-state index contributed by atoms with van der Waals surface area (Å²) in [5.41, 5.74) is -1.66. The lowest BCUT2D eigenvalue weighted by molar-refractivity contribution is -0.274. The summed E-state index contributed by atoms with van der Waals surface area (Å²) in [4.78, 5) is 40.6. The molecule has 0 atom stereocenters. The van der Waals surface area contributed by atoms with E-state index in [-0.39, 0.29) is 22.4 Å². The highest BCUT2D eigenvalue weighted by Crippen LogP contribution is 2.30. The summed E-state index contributed by atoms with van der Waals surface area (Å²) in [6.45, 7) is 0. The van der Waals surface area contributed by atoms with Crippen LogP contribution < -0.4 is 21.3 Å². The standard InChI is InChI=1S/C17H13F3N4O4/c1-23-13-9(15(26)24(2)16(23)27)7-8-11(21-13)14(25)22-10-5-3-4-6-12(10)28-17(18,19)20/h3-8H,1-2H3,(H,22,25). The molecule has 0 bridgehead atoms. The maximum atomic E-state index is 12.5. The van der Waals surface area contributed by atoms with Gasteiger partial charge in [-0.1, -0.05) is 12.1 Å². The van der Waals surface area contributed by atoms with Crippen LogP contribution in [0.1, 0.15) is 10.5 Å². The first-order valence-electron chi connectivity index (χ1n) is 7.81. The summed E-state index contributed by atoms with van der Waals surface area (Å²) in [6.07, 6.45) is -4.93. The van der Waals surface area contributed by atoms with Crippen molar-refractivity contribution in [1.29, 1.82) is 0 Å². The van der Waals surface area contributed by atoms with Crippen molar-refractivity contribution in [3.63, 3.8) is 0 Å². The molecule has 2 heterocycles. The van der Waals surface area contributed by atoms with Crippen molar-refractivity contribution in [3.05, 3.63) is 62.9 Å². The number of nitrogens with zero attached hydrogens (tertiary/aromatic N) is 3. The van der Waals surface area contributed by atoms with Gasteiger partial charge in [0.1, 0.15) is 11.3 Å². The van der Waals surface area contributed by atoms with Gasteiger partial charge in [-0.05, 0) is 24.3 Å². The Balaban J connectivity index is 2.00. The van der Waals surface area contributed by atoms with Crippen molar-refractivity contribution < 1.29 is 22.7 Å². The molecule has 2 aromatic heterocycles. The SMILES string of the molecule is Cn1c(=O)c2ccc(C(=O)Nc3ccccc3OC(F)(F)F)nc2n(C)c1=O. The maximum absolute atomic E-state index is 12.5. The van der Waals surface area contributed by atoms with Crippen LogP contribution >= 0.6 is 0 Å². The summed E-state index contributed by atoms with van der Waals surface area (Å²) >= 11 is 0. The fraction of sp³-hybridized carbons (Fsp3) is 0.176. The van der Waals surface area contributed by atoms with Crippen molar-refractivity contribution in [2.75, 3.05) is 5.32 Å². The molecule has 0 aliphatic carbocycles. The zero-order valence-electron chi connectivity index (χ0n) is 14.6. The van der Waals surface area contributed by atoms with Crippen molar-refractivity contribution in [3.8, 4) is 5.75 Å². The number of nitrogens with one attached hydrogen (secondary N) is 1. The molecule has 11 heteroatoms. The Labute approximate surface area is 154 Å². The first-order chi connectivity index (χ1) is 13.1. The van der Waals surface area contributed by atoms with Gasteiger partial charge in [0, 0.05) is 14.1 Å². The number of carbonyl (C=O) groups is 1. The summed E-state index contributed by atoms with van der Waals surface area (Å²) in [5.74, 6) is -1.43. The van der Waals surface area contributed by atoms with Gasteiger partial charge < -0.3 is 10.1 Å². The predicted molar refractivity (Wildman–Crippen MR) is 93.3 cm³/mol. The average Bonchev–Trinajstić information content (AvgIpc) is 2.64. The second-order valence-corrected chi connectivity index (χ2v) is 5.77. The quantitative estimate of drug-likeness (QED) is 0.731. The highest BCUT2D eigenvalue weighted by molar-refractivity contribution is 6.04. The van der Waals surface area contributed by atoms with Crippen molar-refractivity contribution >= 4 is 22.6 Å². The van der Waals surface area contributed by atoms with Crippen LogP contribution in [-0.2, 0) is 14.1 Å². The smallest absolute Gasteiger partial charge is 0.404 e. The lowest BCUT2D eigenvalue weighted by Crippen LogP contribution is -2.37. The highest BCUT2D eigenvalue weighted by Gasteiger charge is 2.32. The molecule has 3 rings (SSSR count). The number of halogens is 3. The van der Waals surface area contributed by atoms with E-state index in [1.807, 2.05) is 0 Å². The second kappa shape index (κ2) is 6.83. The van der Waals surface area contributed by atoms with Crippen LogP contribution in [0.5, 0.6) is 5.75 Å². The van der Waals surface area contributed by atoms with E-state index in [9.17, 15) is 27.6 Å². The van der Waals surface area contributed by atoms with E-state index >= 15 is 0 Å². The van der Waals surface area contributed by atoms with Gasteiger partial charge in [0.2, 0.25) is 0 Å². The fourth-order valence-electron chi connectivity index (χ4n) is 2.55. The minimum Gasteiger partial charge on any atom is -0.404 e. The number of amides is 1. The molecule has 0 aliphatic heterocycles. The number of hydrogen-bond donors (Lipinski definition) is 1. The Morgan fingerprint density at radius 3 is 2.43 bits per heavy atom. The van der Waals surface area contributed by atoms with Gasteiger partial charge in [-0.15, -0.1) is 13.2 Å². The molecule has 0 aliphatic rings. The summed E-state index contributed by atoms with van der Waals surface area (Å²) in [7, 11) is 2.69. The molecule has 0 fully saturated rings. The van der Waals surface area contributed by atoms with E-state index in [0.29, 0.717) is 0 Å². The van der Waals surface area contributed by atoms with Crippen LogP contribution in [0.15, 0.2) is 46.0 Å². The molecule has 0 saturated heterocycles. The number of ether oxygens (including phenoxy) is 1. The van der Waals surface area contributed by atoms with Gasteiger partial charge in [0.05, 0.1) is 11.1 Å². The lowest BCUT2D eigenvalue weighted by atomic mass is 10.2. The van der Waals surface area contributed by atoms with Crippen molar-refractivity contribution in [2.45, 2.75) is 6.36 Å². The highest BCUT2D eigenvalue weighted by atomic mass is 19.4. The molecular formula is C17H13F3N4O4. The molecule has 1 amide bonds. The van der Waals surface area contributed by atoms with E-state index in [1.165, 1.54) is 44.4 Å². The predicted octanol–water partition coefficient (Wildman–Crippen LogP) is 1.78. The van der Waals surface area contributed by atoms with E-state index in [1.54, 1.807) is 0 Å². The summed E-state index contributed by atoms with van der Waals surface area (Å²) < 4.78 is 43.4. The normalized spacial score (nSPS) is 11.5. The van der Waals surface area contributed by atoms with Gasteiger partial charge in [-0.3, -0.25) is 18.7 Å².